The Morgan fingerprint density at radius 3 is 0.833 bits per heavy atom. The molecule has 0 fully saturated rings. The van der Waals surface area contributed by atoms with E-state index in [1.54, 1.807) is 0 Å². The lowest BCUT2D eigenvalue weighted by atomic mass is 9.83. The summed E-state index contributed by atoms with van der Waals surface area (Å²) in [6, 6.07) is 113. The molecule has 2 aliphatic rings. The average molecular weight is 987 g/mol. The fourth-order valence-electron chi connectivity index (χ4n) is 12.7. The summed E-state index contributed by atoms with van der Waals surface area (Å²) in [4.78, 5) is 0. The Bertz CT molecular complexity index is 4610. The minimum atomic E-state index is 1.17. The second-order valence-electron chi connectivity index (χ2n) is 20.6. The van der Waals surface area contributed by atoms with E-state index in [0.29, 0.717) is 0 Å². The van der Waals surface area contributed by atoms with Gasteiger partial charge >= 0.3 is 0 Å². The highest BCUT2D eigenvalue weighted by Crippen LogP contribution is 2.63. The maximum atomic E-state index is 2.52. The minimum absolute atomic E-state index is 1.17. The van der Waals surface area contributed by atoms with E-state index >= 15 is 0 Å². The van der Waals surface area contributed by atoms with Gasteiger partial charge in [0.15, 0.2) is 0 Å². The summed E-state index contributed by atoms with van der Waals surface area (Å²) in [5.74, 6) is 0. The first-order valence-corrected chi connectivity index (χ1v) is 27.1. The van der Waals surface area contributed by atoms with Gasteiger partial charge < -0.3 is 0 Å². The average Bonchev–Trinajstić information content (AvgIpc) is 4.09. The second kappa shape index (κ2) is 18.9. The van der Waals surface area contributed by atoms with Crippen molar-refractivity contribution in [2.24, 2.45) is 0 Å². The van der Waals surface area contributed by atoms with Crippen LogP contribution in [0.25, 0.3) is 116 Å². The standard InChI is InChI=1S/C78H50/c1-4-22-54(23-5-1)69-49-71-72(50-70(69)55-24-6-2-7-25-55)77-74(56-29-8-3-9-30-56)75(61-38-17-35-58(47-61)67-44-20-32-52-27-11-14-41-64(52)67)76(62-39-18-36-59(48-62)68-45-21-33-53-28-12-15-42-65(53)68)78(77)73(71)60-37-16-34-57(46-60)66-43-19-31-51-26-10-13-40-63(51)66/h1-50H. The zero-order valence-electron chi connectivity index (χ0n) is 42.9. The van der Waals surface area contributed by atoms with Crippen molar-refractivity contribution in [2.45, 2.75) is 0 Å². The molecular formula is C78H50. The molecule has 78 heavy (non-hydrogen) atoms. The van der Waals surface area contributed by atoms with Crippen molar-refractivity contribution >= 4 is 60.2 Å². The molecule has 0 unspecified atom stereocenters. The summed E-state index contributed by atoms with van der Waals surface area (Å²) >= 11 is 0. The molecule has 0 saturated heterocycles. The lowest BCUT2D eigenvalue weighted by molar-refractivity contribution is 1.51. The van der Waals surface area contributed by atoms with E-state index < -0.39 is 0 Å². The van der Waals surface area contributed by atoms with Crippen molar-refractivity contribution in [2.75, 3.05) is 0 Å². The summed E-state index contributed by atoms with van der Waals surface area (Å²) in [7, 11) is 0. The number of hydrogen-bond acceptors (Lipinski definition) is 0. The van der Waals surface area contributed by atoms with Crippen molar-refractivity contribution in [3.63, 3.8) is 0 Å². The molecule has 0 bridgehead atoms. The van der Waals surface area contributed by atoms with Crippen molar-refractivity contribution in [1.82, 2.24) is 0 Å². The smallest absolute Gasteiger partial charge is 0.000137 e. The maximum Gasteiger partial charge on any atom is -0.000137 e. The molecule has 13 aromatic carbocycles. The Kier molecular flexibility index (Phi) is 11.0. The summed E-state index contributed by atoms with van der Waals surface area (Å²) in [6.07, 6.45) is 0. The van der Waals surface area contributed by atoms with Crippen molar-refractivity contribution in [3.05, 3.63) is 342 Å². The summed E-state index contributed by atoms with van der Waals surface area (Å²) < 4.78 is 0. The Morgan fingerprint density at radius 2 is 0.410 bits per heavy atom. The number of benzene rings is 13. The second-order valence-corrected chi connectivity index (χ2v) is 20.6. The fraction of sp³-hybridized carbons (Fsp3) is 0. The molecule has 0 nitrogen and oxygen atoms in total. The van der Waals surface area contributed by atoms with Crippen LogP contribution in [0.5, 0.6) is 0 Å². The van der Waals surface area contributed by atoms with Crippen molar-refractivity contribution < 1.29 is 0 Å². The molecule has 0 N–H and O–H groups in total. The Balaban J connectivity index is 1.09. The summed E-state index contributed by atoms with van der Waals surface area (Å²) in [5.41, 5.74) is 26.6. The van der Waals surface area contributed by atoms with Gasteiger partial charge in [-0.1, -0.05) is 273 Å². The van der Waals surface area contributed by atoms with Crippen LogP contribution in [0.15, 0.2) is 309 Å². The quantitative estimate of drug-likeness (QED) is 0.135. The van der Waals surface area contributed by atoms with Gasteiger partial charge in [0.2, 0.25) is 0 Å². The number of allylic oxidation sites excluding steroid dienone is 5. The van der Waals surface area contributed by atoms with Crippen LogP contribution >= 0.6 is 0 Å². The molecule has 2 aliphatic carbocycles. The summed E-state index contributed by atoms with van der Waals surface area (Å²) in [6.45, 7) is 0. The minimum Gasteiger partial charge on any atom is -0.0622 e. The number of rotatable bonds is 9. The van der Waals surface area contributed by atoms with E-state index in [9.17, 15) is 0 Å². The highest BCUT2D eigenvalue weighted by molar-refractivity contribution is 6.39. The fourth-order valence-corrected chi connectivity index (χ4v) is 12.7. The lowest BCUT2D eigenvalue weighted by Crippen LogP contribution is -1.98. The van der Waals surface area contributed by atoms with E-state index in [1.165, 1.54) is 155 Å². The highest BCUT2D eigenvalue weighted by Gasteiger charge is 2.41. The van der Waals surface area contributed by atoms with E-state index in [4.69, 9.17) is 0 Å². The molecule has 0 amide bonds. The van der Waals surface area contributed by atoms with Gasteiger partial charge in [-0.2, -0.15) is 0 Å². The zero-order valence-corrected chi connectivity index (χ0v) is 42.9. The first kappa shape index (κ1) is 45.3. The molecule has 0 saturated carbocycles. The Labute approximate surface area is 455 Å². The van der Waals surface area contributed by atoms with Crippen LogP contribution in [0.2, 0.25) is 0 Å². The molecule has 0 heteroatoms. The normalized spacial score (nSPS) is 13.0. The predicted octanol–water partition coefficient (Wildman–Crippen LogP) is 20.8. The first-order chi connectivity index (χ1) is 38.7. The van der Waals surface area contributed by atoms with Crippen LogP contribution in [-0.4, -0.2) is 0 Å². The van der Waals surface area contributed by atoms with Crippen LogP contribution in [0.1, 0.15) is 33.4 Å². The molecule has 0 atom stereocenters. The van der Waals surface area contributed by atoms with Crippen LogP contribution in [0.4, 0.5) is 0 Å². The van der Waals surface area contributed by atoms with Gasteiger partial charge in [0.25, 0.3) is 0 Å². The third-order valence-corrected chi connectivity index (χ3v) is 16.2. The van der Waals surface area contributed by atoms with Gasteiger partial charge in [-0.15, -0.1) is 0 Å². The van der Waals surface area contributed by atoms with Gasteiger partial charge in [-0.25, -0.2) is 0 Å². The largest absolute Gasteiger partial charge is 0.0622 e. The van der Waals surface area contributed by atoms with Gasteiger partial charge in [0.1, 0.15) is 0 Å². The predicted molar refractivity (Wildman–Crippen MR) is 332 cm³/mol. The van der Waals surface area contributed by atoms with Crippen LogP contribution in [-0.2, 0) is 0 Å². The highest BCUT2D eigenvalue weighted by atomic mass is 14.4. The molecule has 0 aliphatic heterocycles. The third kappa shape index (κ3) is 7.61. The topological polar surface area (TPSA) is 0 Å². The molecule has 0 spiro atoms. The number of fused-ring (bicyclic) bond motifs is 6. The molecule has 0 aromatic heterocycles. The van der Waals surface area contributed by atoms with Crippen molar-refractivity contribution in [1.29, 1.82) is 0 Å². The molecule has 13 aromatic rings. The van der Waals surface area contributed by atoms with Gasteiger partial charge in [-0.3, -0.25) is 0 Å². The van der Waals surface area contributed by atoms with Gasteiger partial charge in [0.05, 0.1) is 0 Å². The molecule has 362 valence electrons. The monoisotopic (exact) mass is 986 g/mol. The first-order valence-electron chi connectivity index (χ1n) is 27.1. The SMILES string of the molecule is c1ccc(C2=C3C(=C(c4cccc(-c5cccc6ccccc56)c4)c4cc(-c5ccccc5)c(-c5ccccc5)cc43)C(c3cccc(-c4cccc5ccccc45)c3)=C2c2cccc(-c3cccc4ccccc34)c2)cc1. The van der Waals surface area contributed by atoms with E-state index in [-0.39, 0.29) is 0 Å². The van der Waals surface area contributed by atoms with Crippen LogP contribution < -0.4 is 0 Å². The van der Waals surface area contributed by atoms with Gasteiger partial charge in [-0.05, 0) is 185 Å². The van der Waals surface area contributed by atoms with Crippen LogP contribution in [0.3, 0.4) is 0 Å². The van der Waals surface area contributed by atoms with E-state index in [0.717, 1.165) is 0 Å². The lowest BCUT2D eigenvalue weighted by Gasteiger charge is -2.20. The molecule has 15 rings (SSSR count). The molecule has 0 radical (unpaired) electrons. The molecule has 0 heterocycles. The van der Waals surface area contributed by atoms with E-state index in [2.05, 4.69) is 303 Å². The Morgan fingerprint density at radius 1 is 0.128 bits per heavy atom. The van der Waals surface area contributed by atoms with Crippen molar-refractivity contribution in [3.8, 4) is 55.6 Å². The Hall–Kier alpha value is -10.1. The zero-order chi connectivity index (χ0) is 51.5. The third-order valence-electron chi connectivity index (χ3n) is 16.2. The number of hydrogen-bond donors (Lipinski definition) is 0. The van der Waals surface area contributed by atoms with Crippen LogP contribution in [0, 0.1) is 0 Å². The molecular weight excluding hydrogens is 937 g/mol. The van der Waals surface area contributed by atoms with E-state index in [1.807, 2.05) is 0 Å². The summed E-state index contributed by atoms with van der Waals surface area (Å²) in [5, 5.41) is 7.42. The maximum absolute atomic E-state index is 2.52. The van der Waals surface area contributed by atoms with Gasteiger partial charge in [0, 0.05) is 0 Å².